The molecule has 1 aliphatic rings. The zero-order valence-electron chi connectivity index (χ0n) is 13.4. The predicted molar refractivity (Wildman–Crippen MR) is 93.7 cm³/mol. The summed E-state index contributed by atoms with van der Waals surface area (Å²) in [4.78, 5) is 3.48. The number of anilines is 1. The van der Waals surface area contributed by atoms with Crippen LogP contribution >= 0.6 is 11.8 Å². The van der Waals surface area contributed by atoms with E-state index in [9.17, 15) is 0 Å². The number of hydrogen-bond acceptors (Lipinski definition) is 3. The maximum absolute atomic E-state index is 7.99. The minimum absolute atomic E-state index is 0.178. The van der Waals surface area contributed by atoms with Crippen molar-refractivity contribution in [3.8, 4) is 0 Å². The molecule has 3 nitrogen and oxygen atoms in total. The number of rotatable bonds is 5. The summed E-state index contributed by atoms with van der Waals surface area (Å²) in [6, 6.07) is 6.83. The first-order chi connectivity index (χ1) is 10.1. The van der Waals surface area contributed by atoms with Crippen molar-refractivity contribution in [2.75, 3.05) is 17.7 Å². The number of hydrogen-bond donors (Lipinski definition) is 2. The van der Waals surface area contributed by atoms with Gasteiger partial charge in [0.05, 0.1) is 5.56 Å². The van der Waals surface area contributed by atoms with E-state index in [1.165, 1.54) is 25.7 Å². The number of amidine groups is 1. The van der Waals surface area contributed by atoms with Gasteiger partial charge in [0.2, 0.25) is 0 Å². The van der Waals surface area contributed by atoms with Crippen LogP contribution in [0.5, 0.6) is 0 Å². The van der Waals surface area contributed by atoms with Gasteiger partial charge >= 0.3 is 0 Å². The maximum Gasteiger partial charge on any atom is 0.126 e. The van der Waals surface area contributed by atoms with Crippen LogP contribution in [-0.2, 0) is 0 Å². The normalized spacial score (nSPS) is 22.0. The van der Waals surface area contributed by atoms with E-state index in [1.54, 1.807) is 11.8 Å². The van der Waals surface area contributed by atoms with Crippen molar-refractivity contribution >= 4 is 23.3 Å². The molecule has 2 unspecified atom stereocenters. The van der Waals surface area contributed by atoms with Gasteiger partial charge in [-0.15, -0.1) is 11.8 Å². The molecule has 1 saturated carbocycles. The number of thioether (sulfide) groups is 1. The lowest BCUT2D eigenvalue weighted by molar-refractivity contribution is 0.321. The van der Waals surface area contributed by atoms with E-state index >= 15 is 0 Å². The summed E-state index contributed by atoms with van der Waals surface area (Å²) in [5.41, 5.74) is 7.91. The van der Waals surface area contributed by atoms with Crippen LogP contribution in [0.2, 0.25) is 0 Å². The van der Waals surface area contributed by atoms with E-state index in [0.29, 0.717) is 12.0 Å². The van der Waals surface area contributed by atoms with Crippen LogP contribution in [-0.4, -0.2) is 24.7 Å². The van der Waals surface area contributed by atoms with Gasteiger partial charge in [-0.05, 0) is 36.6 Å². The third-order valence-corrected chi connectivity index (χ3v) is 5.46. The fourth-order valence-electron chi connectivity index (χ4n) is 3.41. The molecule has 0 aromatic heterocycles. The Morgan fingerprint density at radius 2 is 2.10 bits per heavy atom. The minimum atomic E-state index is 0.178. The lowest BCUT2D eigenvalue weighted by Crippen LogP contribution is -2.40. The smallest absolute Gasteiger partial charge is 0.126 e. The second-order valence-corrected chi connectivity index (χ2v) is 7.24. The van der Waals surface area contributed by atoms with Crippen molar-refractivity contribution in [1.82, 2.24) is 0 Å². The number of nitrogen functional groups attached to an aromatic ring is 1. The Labute approximate surface area is 132 Å². The fraction of sp³-hybridized carbons (Fsp3) is 0.588. The molecular formula is C17H27N3S. The van der Waals surface area contributed by atoms with Gasteiger partial charge in [-0.1, -0.05) is 32.8 Å². The Balaban J connectivity index is 2.37. The number of nitrogens with one attached hydrogen (secondary N) is 1. The molecule has 0 bridgehead atoms. The quantitative estimate of drug-likeness (QED) is 0.489. The van der Waals surface area contributed by atoms with E-state index < -0.39 is 0 Å². The highest BCUT2D eigenvalue weighted by atomic mass is 32.2. The summed E-state index contributed by atoms with van der Waals surface area (Å²) >= 11 is 1.76. The van der Waals surface area contributed by atoms with Gasteiger partial charge in [0.25, 0.3) is 0 Å². The third kappa shape index (κ3) is 3.54. The summed E-state index contributed by atoms with van der Waals surface area (Å²) in [6.45, 7) is 4.48. The second-order valence-electron chi connectivity index (χ2n) is 5.94. The molecule has 21 heavy (non-hydrogen) atoms. The van der Waals surface area contributed by atoms with Crippen LogP contribution in [0.3, 0.4) is 0 Å². The van der Waals surface area contributed by atoms with Crippen molar-refractivity contribution in [2.24, 2.45) is 11.7 Å². The van der Waals surface area contributed by atoms with E-state index in [0.717, 1.165) is 21.9 Å². The van der Waals surface area contributed by atoms with Crippen molar-refractivity contribution in [2.45, 2.75) is 50.5 Å². The number of benzene rings is 1. The van der Waals surface area contributed by atoms with Gasteiger partial charge in [-0.2, -0.15) is 0 Å². The molecule has 1 aliphatic carbocycles. The Hall–Kier alpha value is -1.16. The van der Waals surface area contributed by atoms with Crippen LogP contribution < -0.4 is 10.6 Å². The highest BCUT2D eigenvalue weighted by molar-refractivity contribution is 7.99. The molecule has 2 rings (SSSR count). The van der Waals surface area contributed by atoms with Gasteiger partial charge in [-0.25, -0.2) is 0 Å². The molecular weight excluding hydrogens is 278 g/mol. The van der Waals surface area contributed by atoms with E-state index in [4.69, 9.17) is 11.1 Å². The molecule has 0 radical (unpaired) electrons. The number of nitrogens with zero attached hydrogens (tertiary/aromatic N) is 1. The van der Waals surface area contributed by atoms with Gasteiger partial charge in [0.15, 0.2) is 0 Å². The zero-order valence-corrected chi connectivity index (χ0v) is 14.2. The van der Waals surface area contributed by atoms with Gasteiger partial charge in [0.1, 0.15) is 5.84 Å². The second kappa shape index (κ2) is 7.21. The molecule has 1 aromatic rings. The topological polar surface area (TPSA) is 53.1 Å². The van der Waals surface area contributed by atoms with Crippen LogP contribution in [0, 0.1) is 11.3 Å². The number of nitrogens with two attached hydrogens (primary N) is 1. The largest absolute Gasteiger partial charge is 0.384 e. The summed E-state index contributed by atoms with van der Waals surface area (Å²) in [6.07, 6.45) is 5.18. The Morgan fingerprint density at radius 3 is 2.71 bits per heavy atom. The lowest BCUT2D eigenvalue weighted by Gasteiger charge is -2.38. The standard InChI is InChI=1S/C17H27N3S/c1-4-21-15-11-7-10-14(16(15)17(18)19)20(3)13-9-6-5-8-12(13)2/h7,10-13H,4-6,8-9H2,1-3H3,(H3,18,19). The summed E-state index contributed by atoms with van der Waals surface area (Å²) in [5, 5.41) is 7.99. The first-order valence-corrected chi connectivity index (χ1v) is 8.87. The lowest BCUT2D eigenvalue weighted by atomic mass is 9.84. The third-order valence-electron chi connectivity index (χ3n) is 4.52. The molecule has 3 N–H and O–H groups in total. The van der Waals surface area contributed by atoms with E-state index in [2.05, 4.69) is 44.0 Å². The predicted octanol–water partition coefficient (Wildman–Crippen LogP) is 4.10. The summed E-state index contributed by atoms with van der Waals surface area (Å²) < 4.78 is 0. The van der Waals surface area contributed by atoms with E-state index in [1.807, 2.05) is 0 Å². The van der Waals surface area contributed by atoms with Crippen molar-refractivity contribution in [1.29, 1.82) is 5.41 Å². The zero-order chi connectivity index (χ0) is 15.4. The molecule has 0 aliphatic heterocycles. The van der Waals surface area contributed by atoms with Gasteiger partial charge in [-0.3, -0.25) is 5.41 Å². The van der Waals surface area contributed by atoms with Gasteiger partial charge in [0, 0.05) is 23.7 Å². The molecule has 1 fully saturated rings. The summed E-state index contributed by atoms with van der Waals surface area (Å²) in [5.74, 6) is 1.87. The molecule has 116 valence electrons. The Kier molecular flexibility index (Phi) is 5.57. The highest BCUT2D eigenvalue weighted by Crippen LogP contribution is 2.35. The van der Waals surface area contributed by atoms with Crippen LogP contribution in [0.4, 0.5) is 5.69 Å². The van der Waals surface area contributed by atoms with Crippen LogP contribution in [0.15, 0.2) is 23.1 Å². The van der Waals surface area contributed by atoms with Gasteiger partial charge < -0.3 is 10.6 Å². The first-order valence-electron chi connectivity index (χ1n) is 7.89. The minimum Gasteiger partial charge on any atom is -0.384 e. The maximum atomic E-state index is 7.99. The molecule has 4 heteroatoms. The molecule has 2 atom stereocenters. The monoisotopic (exact) mass is 305 g/mol. The molecule has 0 heterocycles. The fourth-order valence-corrected chi connectivity index (χ4v) is 4.26. The Bertz CT molecular complexity index is 501. The Morgan fingerprint density at radius 1 is 1.38 bits per heavy atom. The average molecular weight is 305 g/mol. The van der Waals surface area contributed by atoms with Crippen LogP contribution in [0.1, 0.15) is 45.1 Å². The SMILES string of the molecule is CCSc1cccc(N(C)C2CCCCC2C)c1C(=N)N. The van der Waals surface area contributed by atoms with Crippen LogP contribution in [0.25, 0.3) is 0 Å². The van der Waals surface area contributed by atoms with E-state index in [-0.39, 0.29) is 5.84 Å². The molecule has 0 spiro atoms. The van der Waals surface area contributed by atoms with Crippen molar-refractivity contribution in [3.63, 3.8) is 0 Å². The molecule has 0 saturated heterocycles. The summed E-state index contributed by atoms with van der Waals surface area (Å²) in [7, 11) is 2.16. The van der Waals surface area contributed by atoms with Crippen molar-refractivity contribution in [3.05, 3.63) is 23.8 Å². The first kappa shape index (κ1) is 16.2. The van der Waals surface area contributed by atoms with Crippen molar-refractivity contribution < 1.29 is 0 Å². The molecule has 0 amide bonds. The molecule has 1 aromatic carbocycles. The average Bonchev–Trinajstić information content (AvgIpc) is 2.47. The highest BCUT2D eigenvalue weighted by Gasteiger charge is 2.27.